The van der Waals surface area contributed by atoms with E-state index in [0.717, 1.165) is 32.4 Å². The second kappa shape index (κ2) is 9.02. The van der Waals surface area contributed by atoms with E-state index in [4.69, 9.17) is 0 Å². The number of hydrogen-bond acceptors (Lipinski definition) is 3. The molecule has 1 aliphatic carbocycles. The SMILES string of the molecule is CCC(C)(C)NC(=O)C(C)N1CCC(NC(=O)CC2CCCC2)CC1. The van der Waals surface area contributed by atoms with Gasteiger partial charge in [-0.1, -0.05) is 19.8 Å². The van der Waals surface area contributed by atoms with Crippen LogP contribution < -0.4 is 10.6 Å². The molecule has 5 nitrogen and oxygen atoms in total. The molecule has 25 heavy (non-hydrogen) atoms. The van der Waals surface area contributed by atoms with Gasteiger partial charge in [-0.15, -0.1) is 0 Å². The Balaban J connectivity index is 1.71. The summed E-state index contributed by atoms with van der Waals surface area (Å²) in [5.74, 6) is 0.933. The molecule has 1 heterocycles. The zero-order valence-electron chi connectivity index (χ0n) is 16.6. The number of piperidine rings is 1. The van der Waals surface area contributed by atoms with E-state index in [1.165, 1.54) is 25.7 Å². The van der Waals surface area contributed by atoms with Crippen molar-refractivity contribution < 1.29 is 9.59 Å². The van der Waals surface area contributed by atoms with Crippen LogP contribution in [0.3, 0.4) is 0 Å². The number of carbonyl (C=O) groups excluding carboxylic acids is 2. The van der Waals surface area contributed by atoms with Gasteiger partial charge in [0.15, 0.2) is 0 Å². The first-order valence-corrected chi connectivity index (χ1v) is 10.2. The number of likely N-dealkylation sites (tertiary alicyclic amines) is 1. The first-order valence-electron chi connectivity index (χ1n) is 10.2. The summed E-state index contributed by atoms with van der Waals surface area (Å²) in [5, 5.41) is 6.35. The Morgan fingerprint density at radius 1 is 1.12 bits per heavy atom. The van der Waals surface area contributed by atoms with Crippen molar-refractivity contribution >= 4 is 11.8 Å². The van der Waals surface area contributed by atoms with Crippen molar-refractivity contribution in [3.63, 3.8) is 0 Å². The summed E-state index contributed by atoms with van der Waals surface area (Å²) in [4.78, 5) is 26.9. The van der Waals surface area contributed by atoms with Crippen LogP contribution in [0.4, 0.5) is 0 Å². The van der Waals surface area contributed by atoms with Crippen LogP contribution in [0.2, 0.25) is 0 Å². The highest BCUT2D eigenvalue weighted by Crippen LogP contribution is 2.27. The summed E-state index contributed by atoms with van der Waals surface area (Å²) in [5.41, 5.74) is -0.155. The van der Waals surface area contributed by atoms with Gasteiger partial charge in [-0.25, -0.2) is 0 Å². The van der Waals surface area contributed by atoms with E-state index in [1.807, 2.05) is 6.92 Å². The Labute approximate surface area is 153 Å². The van der Waals surface area contributed by atoms with Gasteiger partial charge in [-0.05, 0) is 58.8 Å². The Bertz CT molecular complexity index is 450. The third kappa shape index (κ3) is 6.28. The molecular weight excluding hydrogens is 314 g/mol. The average molecular weight is 352 g/mol. The molecule has 0 radical (unpaired) electrons. The highest BCUT2D eigenvalue weighted by atomic mass is 16.2. The lowest BCUT2D eigenvalue weighted by molar-refractivity contribution is -0.128. The first-order chi connectivity index (χ1) is 11.8. The first kappa shape index (κ1) is 20.2. The standard InChI is InChI=1S/C20H37N3O2/c1-5-20(3,4)22-19(25)15(2)23-12-10-17(11-13-23)21-18(24)14-16-8-6-7-9-16/h15-17H,5-14H2,1-4H3,(H,21,24)(H,22,25). The lowest BCUT2D eigenvalue weighted by atomic mass is 9.99. The fourth-order valence-corrected chi connectivity index (χ4v) is 3.89. The molecule has 0 aromatic heterocycles. The molecule has 144 valence electrons. The van der Waals surface area contributed by atoms with Crippen molar-refractivity contribution in [3.05, 3.63) is 0 Å². The fraction of sp³-hybridized carbons (Fsp3) is 0.900. The third-order valence-corrected chi connectivity index (χ3v) is 6.12. The van der Waals surface area contributed by atoms with Crippen molar-refractivity contribution in [2.75, 3.05) is 13.1 Å². The maximum Gasteiger partial charge on any atom is 0.237 e. The third-order valence-electron chi connectivity index (χ3n) is 6.12. The molecule has 1 unspecified atom stereocenters. The van der Waals surface area contributed by atoms with Gasteiger partial charge in [0.25, 0.3) is 0 Å². The zero-order chi connectivity index (χ0) is 18.4. The number of nitrogens with zero attached hydrogens (tertiary/aromatic N) is 1. The van der Waals surface area contributed by atoms with E-state index in [9.17, 15) is 9.59 Å². The van der Waals surface area contributed by atoms with E-state index >= 15 is 0 Å². The summed E-state index contributed by atoms with van der Waals surface area (Å²) in [7, 11) is 0. The molecule has 0 bridgehead atoms. The number of hydrogen-bond donors (Lipinski definition) is 2. The molecule has 2 rings (SSSR count). The van der Waals surface area contributed by atoms with Gasteiger partial charge in [0, 0.05) is 31.1 Å². The smallest absolute Gasteiger partial charge is 0.237 e. The highest BCUT2D eigenvalue weighted by molar-refractivity contribution is 5.82. The van der Waals surface area contributed by atoms with Crippen molar-refractivity contribution in [1.82, 2.24) is 15.5 Å². The number of nitrogens with one attached hydrogen (secondary N) is 2. The lowest BCUT2D eigenvalue weighted by Crippen LogP contribution is -2.55. The number of carbonyl (C=O) groups is 2. The van der Waals surface area contributed by atoms with Crippen molar-refractivity contribution in [1.29, 1.82) is 0 Å². The zero-order valence-corrected chi connectivity index (χ0v) is 16.6. The van der Waals surface area contributed by atoms with Crippen LogP contribution in [0.5, 0.6) is 0 Å². The molecule has 0 aromatic rings. The minimum atomic E-state index is -0.155. The second-order valence-corrected chi connectivity index (χ2v) is 8.64. The minimum Gasteiger partial charge on any atom is -0.353 e. The number of amides is 2. The predicted molar refractivity (Wildman–Crippen MR) is 101 cm³/mol. The van der Waals surface area contributed by atoms with Gasteiger partial charge in [-0.3, -0.25) is 14.5 Å². The van der Waals surface area contributed by atoms with Gasteiger partial charge in [-0.2, -0.15) is 0 Å². The normalized spacial score (nSPS) is 21.9. The quantitative estimate of drug-likeness (QED) is 0.741. The maximum absolute atomic E-state index is 12.4. The second-order valence-electron chi connectivity index (χ2n) is 8.64. The molecule has 1 saturated heterocycles. The van der Waals surface area contributed by atoms with E-state index in [0.29, 0.717) is 12.3 Å². The molecular formula is C20H37N3O2. The van der Waals surface area contributed by atoms with Gasteiger partial charge < -0.3 is 10.6 Å². The molecule has 2 amide bonds. The summed E-state index contributed by atoms with van der Waals surface area (Å²) in [6.45, 7) is 9.93. The summed E-state index contributed by atoms with van der Waals surface area (Å²) >= 11 is 0. The summed E-state index contributed by atoms with van der Waals surface area (Å²) in [6.07, 6.45) is 8.48. The Morgan fingerprint density at radius 2 is 1.72 bits per heavy atom. The Morgan fingerprint density at radius 3 is 2.28 bits per heavy atom. The van der Waals surface area contributed by atoms with E-state index in [2.05, 4.69) is 36.3 Å². The maximum atomic E-state index is 12.4. The molecule has 0 aromatic carbocycles. The van der Waals surface area contributed by atoms with E-state index in [1.54, 1.807) is 0 Å². The molecule has 1 saturated carbocycles. The van der Waals surface area contributed by atoms with Gasteiger partial charge in [0.05, 0.1) is 6.04 Å². The molecule has 2 N–H and O–H groups in total. The van der Waals surface area contributed by atoms with Gasteiger partial charge in [0.2, 0.25) is 11.8 Å². The van der Waals surface area contributed by atoms with Crippen LogP contribution in [0.25, 0.3) is 0 Å². The van der Waals surface area contributed by atoms with E-state index < -0.39 is 0 Å². The van der Waals surface area contributed by atoms with Crippen LogP contribution in [0.1, 0.15) is 79.1 Å². The molecule has 5 heteroatoms. The molecule has 1 aliphatic heterocycles. The van der Waals surface area contributed by atoms with Crippen LogP contribution in [-0.2, 0) is 9.59 Å². The highest BCUT2D eigenvalue weighted by Gasteiger charge is 2.30. The fourth-order valence-electron chi connectivity index (χ4n) is 3.89. The monoisotopic (exact) mass is 351 g/mol. The van der Waals surface area contributed by atoms with Crippen LogP contribution >= 0.6 is 0 Å². The minimum absolute atomic E-state index is 0.107. The average Bonchev–Trinajstić information content (AvgIpc) is 3.07. The van der Waals surface area contributed by atoms with Gasteiger partial charge >= 0.3 is 0 Å². The Hall–Kier alpha value is -1.10. The summed E-state index contributed by atoms with van der Waals surface area (Å²) < 4.78 is 0. The van der Waals surface area contributed by atoms with Crippen molar-refractivity contribution in [2.45, 2.75) is 96.7 Å². The topological polar surface area (TPSA) is 61.4 Å². The molecule has 2 fully saturated rings. The van der Waals surface area contributed by atoms with Crippen LogP contribution in [-0.4, -0.2) is 47.4 Å². The van der Waals surface area contributed by atoms with Crippen molar-refractivity contribution in [3.8, 4) is 0 Å². The molecule has 1 atom stereocenters. The lowest BCUT2D eigenvalue weighted by Gasteiger charge is -2.37. The largest absolute Gasteiger partial charge is 0.353 e. The van der Waals surface area contributed by atoms with Gasteiger partial charge in [0.1, 0.15) is 0 Å². The molecule has 2 aliphatic rings. The molecule has 0 spiro atoms. The van der Waals surface area contributed by atoms with Crippen LogP contribution in [0, 0.1) is 5.92 Å². The Kier molecular flexibility index (Phi) is 7.29. The van der Waals surface area contributed by atoms with E-state index in [-0.39, 0.29) is 29.4 Å². The number of rotatable bonds is 7. The summed E-state index contributed by atoms with van der Waals surface area (Å²) in [6, 6.07) is 0.161. The van der Waals surface area contributed by atoms with Crippen molar-refractivity contribution in [2.24, 2.45) is 5.92 Å². The predicted octanol–water partition coefficient (Wildman–Crippen LogP) is 2.84. The van der Waals surface area contributed by atoms with Crippen LogP contribution in [0.15, 0.2) is 0 Å².